The summed E-state index contributed by atoms with van der Waals surface area (Å²) in [6, 6.07) is -0.139. The molecule has 0 spiro atoms. The summed E-state index contributed by atoms with van der Waals surface area (Å²) in [6.45, 7) is 3.44. The monoisotopic (exact) mass is 383 g/mol. The van der Waals surface area contributed by atoms with Gasteiger partial charge in [0, 0.05) is 23.5 Å². The Morgan fingerprint density at radius 3 is 2.50 bits per heavy atom. The van der Waals surface area contributed by atoms with E-state index in [0.717, 1.165) is 18.0 Å². The number of benzene rings is 1. The van der Waals surface area contributed by atoms with Crippen molar-refractivity contribution < 1.29 is 18.7 Å². The van der Waals surface area contributed by atoms with E-state index in [9.17, 15) is 19.1 Å². The number of hydrogen-bond donors (Lipinski definition) is 3. The van der Waals surface area contributed by atoms with Crippen LogP contribution in [-0.2, 0) is 0 Å². The first-order valence-electron chi connectivity index (χ1n) is 8.03. The Balaban J connectivity index is 2.35. The van der Waals surface area contributed by atoms with Gasteiger partial charge in [-0.25, -0.2) is 13.6 Å². The van der Waals surface area contributed by atoms with Crippen molar-refractivity contribution in [1.82, 2.24) is 4.57 Å². The molecule has 1 aromatic heterocycles. The van der Waals surface area contributed by atoms with Crippen molar-refractivity contribution in [2.45, 2.75) is 43.2 Å². The fourth-order valence-corrected chi connectivity index (χ4v) is 3.70. The van der Waals surface area contributed by atoms with E-state index in [1.54, 1.807) is 13.8 Å². The Morgan fingerprint density at radius 1 is 1.38 bits per heavy atom. The SMILES string of the molecule is CC(C)(N)CSc1c(F)c(N)c2c(=O)c(C(=O)O)cn(C3CC3)c2c1F. The molecule has 140 valence electrons. The molecule has 9 heteroatoms. The van der Waals surface area contributed by atoms with Crippen molar-refractivity contribution in [3.63, 3.8) is 0 Å². The van der Waals surface area contributed by atoms with Crippen molar-refractivity contribution in [1.29, 1.82) is 0 Å². The highest BCUT2D eigenvalue weighted by Gasteiger charge is 2.32. The molecule has 0 bridgehead atoms. The number of hydrogen-bond acceptors (Lipinski definition) is 5. The molecule has 1 heterocycles. The molecule has 6 nitrogen and oxygen atoms in total. The summed E-state index contributed by atoms with van der Waals surface area (Å²) in [4.78, 5) is 23.5. The molecule has 0 radical (unpaired) electrons. The van der Waals surface area contributed by atoms with Crippen molar-refractivity contribution in [2.24, 2.45) is 5.73 Å². The van der Waals surface area contributed by atoms with E-state index in [4.69, 9.17) is 11.5 Å². The van der Waals surface area contributed by atoms with E-state index in [2.05, 4.69) is 0 Å². The van der Waals surface area contributed by atoms with E-state index in [0.29, 0.717) is 12.8 Å². The van der Waals surface area contributed by atoms with Crippen LogP contribution in [0.1, 0.15) is 43.1 Å². The van der Waals surface area contributed by atoms with E-state index in [1.165, 1.54) is 4.57 Å². The number of halogens is 2. The van der Waals surface area contributed by atoms with Gasteiger partial charge in [-0.05, 0) is 26.7 Å². The summed E-state index contributed by atoms with van der Waals surface area (Å²) in [5.41, 5.74) is 8.76. The molecule has 0 amide bonds. The van der Waals surface area contributed by atoms with Crippen LogP contribution in [0.3, 0.4) is 0 Å². The second kappa shape index (κ2) is 6.24. The summed E-state index contributed by atoms with van der Waals surface area (Å²) in [6.07, 6.45) is 2.55. The first kappa shape index (κ1) is 18.7. The van der Waals surface area contributed by atoms with Crippen LogP contribution in [0, 0.1) is 11.6 Å². The molecule has 26 heavy (non-hydrogen) atoms. The predicted octanol–water partition coefficient (Wildman–Crippen LogP) is 2.72. The number of rotatable bonds is 5. The summed E-state index contributed by atoms with van der Waals surface area (Å²) >= 11 is 0.880. The third-order valence-corrected chi connectivity index (χ3v) is 5.64. The minimum atomic E-state index is -1.46. The topological polar surface area (TPSA) is 111 Å². The summed E-state index contributed by atoms with van der Waals surface area (Å²) in [5.74, 6) is -3.21. The van der Waals surface area contributed by atoms with Crippen LogP contribution in [0.25, 0.3) is 10.9 Å². The van der Waals surface area contributed by atoms with Crippen LogP contribution in [0.5, 0.6) is 0 Å². The molecular formula is C17H19F2N3O3S. The van der Waals surface area contributed by atoms with Crippen LogP contribution >= 0.6 is 11.8 Å². The molecule has 5 N–H and O–H groups in total. The number of anilines is 1. The van der Waals surface area contributed by atoms with Gasteiger partial charge in [-0.1, -0.05) is 0 Å². The van der Waals surface area contributed by atoms with E-state index in [-0.39, 0.29) is 22.2 Å². The molecule has 3 rings (SSSR count). The third-order valence-electron chi connectivity index (χ3n) is 4.11. The van der Waals surface area contributed by atoms with E-state index in [1.807, 2.05) is 0 Å². The van der Waals surface area contributed by atoms with Gasteiger partial charge >= 0.3 is 5.97 Å². The normalized spacial score (nSPS) is 14.8. The van der Waals surface area contributed by atoms with Crippen LogP contribution in [0.4, 0.5) is 14.5 Å². The first-order chi connectivity index (χ1) is 12.0. The van der Waals surface area contributed by atoms with Crippen LogP contribution in [0.15, 0.2) is 15.9 Å². The van der Waals surface area contributed by atoms with Crippen LogP contribution in [-0.4, -0.2) is 26.9 Å². The van der Waals surface area contributed by atoms with Crippen molar-refractivity contribution in [3.05, 3.63) is 33.6 Å². The quantitative estimate of drug-likeness (QED) is 0.541. The average molecular weight is 383 g/mol. The highest BCUT2D eigenvalue weighted by molar-refractivity contribution is 7.99. The Hall–Kier alpha value is -2.13. The lowest BCUT2D eigenvalue weighted by Gasteiger charge is -2.20. The molecule has 0 aliphatic heterocycles. The molecule has 0 unspecified atom stereocenters. The fourth-order valence-electron chi connectivity index (χ4n) is 2.72. The summed E-state index contributed by atoms with van der Waals surface area (Å²) in [5, 5.41) is 8.82. The molecular weight excluding hydrogens is 364 g/mol. The number of carbonyl (C=O) groups is 1. The second-order valence-corrected chi connectivity index (χ2v) is 8.17. The lowest BCUT2D eigenvalue weighted by Crippen LogP contribution is -2.34. The number of aromatic carboxylic acids is 1. The van der Waals surface area contributed by atoms with Gasteiger partial charge in [-0.3, -0.25) is 4.79 Å². The number of pyridine rings is 1. The highest BCUT2D eigenvalue weighted by Crippen LogP contribution is 2.41. The van der Waals surface area contributed by atoms with Crippen LogP contribution in [0.2, 0.25) is 0 Å². The van der Waals surface area contributed by atoms with E-state index >= 15 is 4.39 Å². The molecule has 1 saturated carbocycles. The molecule has 1 aromatic carbocycles. The second-order valence-electron chi connectivity index (χ2n) is 7.19. The van der Waals surface area contributed by atoms with E-state index < -0.39 is 45.2 Å². The lowest BCUT2D eigenvalue weighted by atomic mass is 10.1. The number of aromatic nitrogens is 1. The number of nitrogen functional groups attached to an aromatic ring is 1. The predicted molar refractivity (Wildman–Crippen MR) is 96.8 cm³/mol. The molecule has 0 saturated heterocycles. The Bertz CT molecular complexity index is 978. The number of nitrogens with zero attached hydrogens (tertiary/aromatic N) is 1. The van der Waals surface area contributed by atoms with Crippen molar-refractivity contribution in [3.8, 4) is 0 Å². The number of thioether (sulfide) groups is 1. The molecule has 1 aliphatic carbocycles. The first-order valence-corrected chi connectivity index (χ1v) is 9.01. The zero-order valence-corrected chi connectivity index (χ0v) is 15.1. The maximum absolute atomic E-state index is 15.2. The maximum Gasteiger partial charge on any atom is 0.341 e. The number of carboxylic acids is 1. The smallest absolute Gasteiger partial charge is 0.341 e. The molecule has 1 fully saturated rings. The number of fused-ring (bicyclic) bond motifs is 1. The minimum absolute atomic E-state index is 0.139. The lowest BCUT2D eigenvalue weighted by molar-refractivity contribution is 0.0695. The van der Waals surface area contributed by atoms with Gasteiger partial charge in [-0.2, -0.15) is 0 Å². The number of carboxylic acid groups (broad SMARTS) is 1. The standard InChI is InChI=1S/C17H19F2N3O3S/c1-17(2,21)6-26-15-10(18)12(20)9-13(11(15)19)22(7-3-4-7)5-8(14(9)23)16(24)25/h5,7H,3-4,6,20-21H2,1-2H3,(H,24,25). The van der Waals surface area contributed by atoms with Crippen molar-refractivity contribution >= 4 is 34.3 Å². The fraction of sp³-hybridized carbons (Fsp3) is 0.412. The maximum atomic E-state index is 15.2. The van der Waals surface area contributed by atoms with Gasteiger partial charge in [0.05, 0.1) is 21.5 Å². The zero-order chi connectivity index (χ0) is 19.4. The average Bonchev–Trinajstić information content (AvgIpc) is 3.35. The molecule has 2 aromatic rings. The minimum Gasteiger partial charge on any atom is -0.477 e. The zero-order valence-electron chi connectivity index (χ0n) is 14.3. The van der Waals surface area contributed by atoms with Gasteiger partial charge in [-0.15, -0.1) is 11.8 Å². The summed E-state index contributed by atoms with van der Waals surface area (Å²) in [7, 11) is 0. The Labute approximate surface area is 152 Å². The summed E-state index contributed by atoms with van der Waals surface area (Å²) < 4.78 is 31.3. The largest absolute Gasteiger partial charge is 0.477 e. The van der Waals surface area contributed by atoms with Gasteiger partial charge in [0.25, 0.3) is 0 Å². The Kier molecular flexibility index (Phi) is 4.48. The number of nitrogens with two attached hydrogens (primary N) is 2. The van der Waals surface area contributed by atoms with Crippen LogP contribution < -0.4 is 16.9 Å². The van der Waals surface area contributed by atoms with Gasteiger partial charge < -0.3 is 21.1 Å². The molecule has 0 atom stereocenters. The van der Waals surface area contributed by atoms with Crippen molar-refractivity contribution in [2.75, 3.05) is 11.5 Å². The highest BCUT2D eigenvalue weighted by atomic mass is 32.2. The van der Waals surface area contributed by atoms with Gasteiger partial charge in [0.2, 0.25) is 5.43 Å². The third kappa shape index (κ3) is 3.16. The molecule has 1 aliphatic rings. The van der Waals surface area contributed by atoms with Gasteiger partial charge in [0.1, 0.15) is 5.56 Å². The van der Waals surface area contributed by atoms with Gasteiger partial charge in [0.15, 0.2) is 11.6 Å². The Morgan fingerprint density at radius 2 is 2.00 bits per heavy atom.